The maximum Gasteiger partial charge on any atom is 0.162 e. The molecule has 3 aliphatic carbocycles. The van der Waals surface area contributed by atoms with Gasteiger partial charge in [0.05, 0.1) is 0 Å². The summed E-state index contributed by atoms with van der Waals surface area (Å²) in [4.78, 5) is 0. The molecule has 2 heteroatoms. The van der Waals surface area contributed by atoms with Crippen molar-refractivity contribution in [1.82, 2.24) is 0 Å². The van der Waals surface area contributed by atoms with E-state index in [1.54, 1.807) is 0 Å². The van der Waals surface area contributed by atoms with Crippen molar-refractivity contribution in [2.75, 3.05) is 0 Å². The Morgan fingerprint density at radius 2 is 1.09 bits per heavy atom. The molecular weight excluding hydrogens is 410 g/mol. The summed E-state index contributed by atoms with van der Waals surface area (Å²) in [5, 5.41) is 0. The van der Waals surface area contributed by atoms with Crippen molar-refractivity contribution >= 4 is 0 Å². The smallest absolute Gasteiger partial charge is 0.162 e. The van der Waals surface area contributed by atoms with Crippen LogP contribution in [0.3, 0.4) is 0 Å². The van der Waals surface area contributed by atoms with Gasteiger partial charge in [-0.25, -0.2) is 8.78 Å². The molecule has 0 spiro atoms. The lowest BCUT2D eigenvalue weighted by atomic mass is 9.75. The van der Waals surface area contributed by atoms with Gasteiger partial charge in [0.1, 0.15) is 0 Å². The zero-order chi connectivity index (χ0) is 23.2. The van der Waals surface area contributed by atoms with Crippen LogP contribution in [0.5, 0.6) is 0 Å². The average molecular weight is 457 g/mol. The van der Waals surface area contributed by atoms with Gasteiger partial charge in [-0.1, -0.05) is 63.3 Å². The fourth-order valence-corrected chi connectivity index (χ4v) is 7.09. The first-order valence-electron chi connectivity index (χ1n) is 14.2. The minimum absolute atomic E-state index is 0.205. The highest BCUT2D eigenvalue weighted by Crippen LogP contribution is 2.42. The molecule has 3 saturated carbocycles. The number of halogens is 2. The van der Waals surface area contributed by atoms with Crippen LogP contribution < -0.4 is 0 Å². The van der Waals surface area contributed by atoms with E-state index in [1.165, 1.54) is 76.2 Å². The van der Waals surface area contributed by atoms with E-state index in [2.05, 4.69) is 13.5 Å². The van der Waals surface area contributed by atoms with E-state index in [9.17, 15) is 0 Å². The lowest BCUT2D eigenvalue weighted by Crippen LogP contribution is -2.17. The third-order valence-electron chi connectivity index (χ3n) is 9.58. The number of hydrogen-bond donors (Lipinski definition) is 0. The molecule has 0 nitrogen and oxygen atoms in total. The van der Waals surface area contributed by atoms with Crippen LogP contribution in [0.4, 0.5) is 8.78 Å². The van der Waals surface area contributed by atoms with Gasteiger partial charge < -0.3 is 0 Å². The molecule has 0 saturated heterocycles. The monoisotopic (exact) mass is 456 g/mol. The van der Waals surface area contributed by atoms with Crippen LogP contribution in [0.15, 0.2) is 24.3 Å². The number of hydrogen-bond acceptors (Lipinski definition) is 0. The molecule has 0 unspecified atom stereocenters. The summed E-state index contributed by atoms with van der Waals surface area (Å²) in [6.07, 6.45) is 20.5. The number of unbranched alkanes of at least 4 members (excludes halogenated alkanes) is 1. The van der Waals surface area contributed by atoms with Crippen molar-refractivity contribution in [3.05, 3.63) is 47.0 Å². The molecule has 0 N–H and O–H groups in total. The molecule has 184 valence electrons. The van der Waals surface area contributed by atoms with E-state index in [4.69, 9.17) is 0 Å². The molecular formula is C31H46F2. The molecule has 0 amide bonds. The van der Waals surface area contributed by atoms with Crippen molar-refractivity contribution in [2.24, 2.45) is 17.8 Å². The number of benzene rings is 1. The molecule has 1 aromatic rings. The minimum atomic E-state index is -0.541. The molecule has 33 heavy (non-hydrogen) atoms. The normalized spacial score (nSPS) is 29.4. The highest BCUT2D eigenvalue weighted by molar-refractivity contribution is 5.32. The first-order chi connectivity index (χ1) is 16.0. The maximum atomic E-state index is 15.1. The van der Waals surface area contributed by atoms with Gasteiger partial charge >= 0.3 is 0 Å². The SMILES string of the molecule is C=C1CCC(CCCCC2CCC(c3ccc(C4CCC(CC)CC4)c(F)c3F)CC2)CC1. The Hall–Kier alpha value is -1.18. The Labute approximate surface area is 201 Å². The van der Waals surface area contributed by atoms with Gasteiger partial charge in [0, 0.05) is 0 Å². The molecule has 0 bridgehead atoms. The van der Waals surface area contributed by atoms with Gasteiger partial charge in [-0.05, 0) is 118 Å². The van der Waals surface area contributed by atoms with Crippen LogP contribution in [0.2, 0.25) is 0 Å². The predicted molar refractivity (Wildman–Crippen MR) is 136 cm³/mol. The Morgan fingerprint density at radius 1 is 0.667 bits per heavy atom. The summed E-state index contributed by atoms with van der Waals surface area (Å²) in [6.45, 7) is 6.37. The van der Waals surface area contributed by atoms with Crippen molar-refractivity contribution in [3.8, 4) is 0 Å². The Bertz CT molecular complexity index is 755. The first-order valence-corrected chi connectivity index (χ1v) is 14.2. The fraction of sp³-hybridized carbons (Fsp3) is 0.742. The zero-order valence-corrected chi connectivity index (χ0v) is 21.0. The minimum Gasteiger partial charge on any atom is -0.203 e. The lowest BCUT2D eigenvalue weighted by Gasteiger charge is -2.31. The number of rotatable bonds is 8. The topological polar surface area (TPSA) is 0 Å². The molecule has 0 heterocycles. The Balaban J connectivity index is 1.21. The summed E-state index contributed by atoms with van der Waals surface area (Å²) in [5.41, 5.74) is 2.74. The fourth-order valence-electron chi connectivity index (χ4n) is 7.09. The van der Waals surface area contributed by atoms with E-state index in [1.807, 2.05) is 12.1 Å². The molecule has 0 aliphatic heterocycles. The molecule has 0 radical (unpaired) electrons. The molecule has 1 aromatic carbocycles. The van der Waals surface area contributed by atoms with Crippen molar-refractivity contribution in [1.29, 1.82) is 0 Å². The summed E-state index contributed by atoms with van der Waals surface area (Å²) in [6, 6.07) is 3.86. The molecule has 4 rings (SSSR count). The van der Waals surface area contributed by atoms with Crippen LogP contribution >= 0.6 is 0 Å². The predicted octanol–water partition coefficient (Wildman–Crippen LogP) is 10.2. The van der Waals surface area contributed by atoms with Gasteiger partial charge in [-0.3, -0.25) is 0 Å². The summed E-state index contributed by atoms with van der Waals surface area (Å²) >= 11 is 0. The average Bonchev–Trinajstić information content (AvgIpc) is 2.85. The van der Waals surface area contributed by atoms with E-state index >= 15 is 8.78 Å². The van der Waals surface area contributed by atoms with Crippen molar-refractivity contribution < 1.29 is 8.78 Å². The van der Waals surface area contributed by atoms with E-state index in [-0.39, 0.29) is 11.8 Å². The van der Waals surface area contributed by atoms with Gasteiger partial charge in [0.15, 0.2) is 11.6 Å². The second kappa shape index (κ2) is 12.0. The summed E-state index contributed by atoms with van der Waals surface area (Å²) in [5.74, 6) is 1.82. The maximum absolute atomic E-state index is 15.1. The first kappa shape index (κ1) is 24.9. The van der Waals surface area contributed by atoms with Crippen molar-refractivity contribution in [2.45, 2.75) is 128 Å². The third kappa shape index (κ3) is 6.49. The number of allylic oxidation sites excluding steroid dienone is 1. The second-order valence-corrected chi connectivity index (χ2v) is 11.7. The van der Waals surface area contributed by atoms with Crippen LogP contribution in [-0.4, -0.2) is 0 Å². The van der Waals surface area contributed by atoms with Crippen LogP contribution in [0, 0.1) is 29.4 Å². The molecule has 0 atom stereocenters. The third-order valence-corrected chi connectivity index (χ3v) is 9.58. The Kier molecular flexibility index (Phi) is 9.05. The molecule has 0 aromatic heterocycles. The quantitative estimate of drug-likeness (QED) is 0.269. The zero-order valence-electron chi connectivity index (χ0n) is 21.0. The Morgan fingerprint density at radius 3 is 1.55 bits per heavy atom. The van der Waals surface area contributed by atoms with E-state index < -0.39 is 11.6 Å². The molecule has 3 fully saturated rings. The van der Waals surface area contributed by atoms with Crippen molar-refractivity contribution in [3.63, 3.8) is 0 Å². The highest BCUT2D eigenvalue weighted by atomic mass is 19.2. The van der Waals surface area contributed by atoms with E-state index in [0.717, 1.165) is 56.3 Å². The molecule has 3 aliphatic rings. The van der Waals surface area contributed by atoms with Gasteiger partial charge in [-0.15, -0.1) is 0 Å². The van der Waals surface area contributed by atoms with E-state index in [0.29, 0.717) is 11.1 Å². The largest absolute Gasteiger partial charge is 0.203 e. The summed E-state index contributed by atoms with van der Waals surface area (Å²) in [7, 11) is 0. The standard InChI is InChI=1S/C31H46F2/c1-3-23-12-16-26(17-13-23)28-20-21-29(31(33)30(28)32)27-18-14-25(15-19-27)7-5-4-6-24-10-8-22(2)9-11-24/h20-21,23-27H,2-19H2,1H3. The van der Waals surface area contributed by atoms with Crippen LogP contribution in [0.1, 0.15) is 139 Å². The van der Waals surface area contributed by atoms with Gasteiger partial charge in [0.25, 0.3) is 0 Å². The summed E-state index contributed by atoms with van der Waals surface area (Å²) < 4.78 is 30.2. The van der Waals surface area contributed by atoms with Crippen LogP contribution in [0.25, 0.3) is 0 Å². The van der Waals surface area contributed by atoms with Gasteiger partial charge in [-0.2, -0.15) is 0 Å². The lowest BCUT2D eigenvalue weighted by molar-refractivity contribution is 0.289. The highest BCUT2D eigenvalue weighted by Gasteiger charge is 2.29. The van der Waals surface area contributed by atoms with Crippen LogP contribution in [-0.2, 0) is 0 Å². The second-order valence-electron chi connectivity index (χ2n) is 11.7. The van der Waals surface area contributed by atoms with Gasteiger partial charge in [0.2, 0.25) is 0 Å².